The van der Waals surface area contributed by atoms with Gasteiger partial charge in [-0.25, -0.2) is 4.79 Å². The minimum absolute atomic E-state index is 0.0724. The quantitative estimate of drug-likeness (QED) is 0.857. The lowest BCUT2D eigenvalue weighted by Crippen LogP contribution is -2.50. The monoisotopic (exact) mass is 377 g/mol. The fourth-order valence-electron chi connectivity index (χ4n) is 2.92. The van der Waals surface area contributed by atoms with Crippen molar-refractivity contribution < 1.29 is 4.79 Å². The Labute approximate surface area is 158 Å². The van der Waals surface area contributed by atoms with E-state index in [1.54, 1.807) is 12.1 Å². The van der Waals surface area contributed by atoms with Gasteiger partial charge in [0.1, 0.15) is 0 Å². The Morgan fingerprint density at radius 1 is 0.960 bits per heavy atom. The first-order chi connectivity index (χ1) is 12.1. The number of urea groups is 1. The Bertz CT molecular complexity index is 730. The van der Waals surface area contributed by atoms with Crippen LogP contribution in [0.25, 0.3) is 0 Å². The van der Waals surface area contributed by atoms with Crippen molar-refractivity contribution in [3.63, 3.8) is 0 Å². The van der Waals surface area contributed by atoms with Crippen LogP contribution in [0.2, 0.25) is 10.0 Å². The number of carbonyl (C=O) groups is 1. The molecule has 132 valence electrons. The van der Waals surface area contributed by atoms with Crippen molar-refractivity contribution >= 4 is 34.9 Å². The minimum atomic E-state index is -0.0724. The van der Waals surface area contributed by atoms with E-state index < -0.39 is 0 Å². The van der Waals surface area contributed by atoms with Gasteiger partial charge in [-0.05, 0) is 42.3 Å². The molecule has 0 unspecified atom stereocenters. The Morgan fingerprint density at radius 2 is 1.64 bits per heavy atom. The lowest BCUT2D eigenvalue weighted by Gasteiger charge is -2.34. The molecule has 4 nitrogen and oxygen atoms in total. The summed E-state index contributed by atoms with van der Waals surface area (Å²) in [6.45, 7) is 4.18. The van der Waals surface area contributed by atoms with Gasteiger partial charge in [0.15, 0.2) is 0 Å². The van der Waals surface area contributed by atoms with Crippen molar-refractivity contribution in [1.29, 1.82) is 0 Å². The molecule has 0 aromatic heterocycles. The standard InChI is InChI=1S/C19H21Cl2N3O/c20-16-4-1-3-15(13-16)7-8-23-9-11-24(12-10-23)19(25)22-18-6-2-5-17(21)14-18/h1-6,13-14H,7-12H2,(H,22,25). The molecule has 0 bridgehead atoms. The number of anilines is 1. The molecule has 2 aromatic carbocycles. The molecule has 6 heteroatoms. The highest BCUT2D eigenvalue weighted by atomic mass is 35.5. The van der Waals surface area contributed by atoms with Crippen molar-refractivity contribution in [3.05, 3.63) is 64.1 Å². The summed E-state index contributed by atoms with van der Waals surface area (Å²) in [5.41, 5.74) is 1.97. The minimum Gasteiger partial charge on any atom is -0.322 e. The van der Waals surface area contributed by atoms with E-state index in [4.69, 9.17) is 23.2 Å². The van der Waals surface area contributed by atoms with Crippen LogP contribution in [0.1, 0.15) is 5.56 Å². The maximum absolute atomic E-state index is 12.3. The molecular weight excluding hydrogens is 357 g/mol. The lowest BCUT2D eigenvalue weighted by molar-refractivity contribution is 0.148. The maximum atomic E-state index is 12.3. The second kappa shape index (κ2) is 8.56. The zero-order valence-corrected chi connectivity index (χ0v) is 15.4. The van der Waals surface area contributed by atoms with E-state index in [9.17, 15) is 4.79 Å². The van der Waals surface area contributed by atoms with E-state index in [0.717, 1.165) is 49.9 Å². The van der Waals surface area contributed by atoms with Crippen molar-refractivity contribution in [2.24, 2.45) is 0 Å². The first-order valence-corrected chi connectivity index (χ1v) is 9.14. The Morgan fingerprint density at radius 3 is 2.32 bits per heavy atom. The van der Waals surface area contributed by atoms with Crippen LogP contribution in [-0.2, 0) is 6.42 Å². The second-order valence-electron chi connectivity index (χ2n) is 6.15. The van der Waals surface area contributed by atoms with E-state index in [1.165, 1.54) is 5.56 Å². The molecule has 1 aliphatic rings. The summed E-state index contributed by atoms with van der Waals surface area (Å²) in [7, 11) is 0. The van der Waals surface area contributed by atoms with Crippen LogP contribution in [0.3, 0.4) is 0 Å². The number of amides is 2. The average molecular weight is 378 g/mol. The molecule has 0 aliphatic carbocycles. The summed E-state index contributed by atoms with van der Waals surface area (Å²) in [6, 6.07) is 15.1. The van der Waals surface area contributed by atoms with Crippen molar-refractivity contribution in [3.8, 4) is 0 Å². The summed E-state index contributed by atoms with van der Waals surface area (Å²) in [5.74, 6) is 0. The van der Waals surface area contributed by atoms with E-state index >= 15 is 0 Å². The molecule has 1 N–H and O–H groups in total. The third-order valence-electron chi connectivity index (χ3n) is 4.34. The predicted octanol–water partition coefficient (Wildman–Crippen LogP) is 4.39. The number of rotatable bonds is 4. The van der Waals surface area contributed by atoms with Gasteiger partial charge < -0.3 is 10.2 Å². The maximum Gasteiger partial charge on any atom is 0.321 e. The molecular formula is C19H21Cl2N3O. The van der Waals surface area contributed by atoms with Crippen LogP contribution in [0, 0.1) is 0 Å². The van der Waals surface area contributed by atoms with Gasteiger partial charge >= 0.3 is 6.03 Å². The third-order valence-corrected chi connectivity index (χ3v) is 4.81. The van der Waals surface area contributed by atoms with Gasteiger partial charge in [0.2, 0.25) is 0 Å². The first-order valence-electron chi connectivity index (χ1n) is 8.38. The SMILES string of the molecule is O=C(Nc1cccc(Cl)c1)N1CCN(CCc2cccc(Cl)c2)CC1. The predicted molar refractivity (Wildman–Crippen MR) is 104 cm³/mol. The number of carbonyl (C=O) groups excluding carboxylic acids is 1. The number of halogens is 2. The van der Waals surface area contributed by atoms with E-state index in [2.05, 4.69) is 16.3 Å². The van der Waals surface area contributed by atoms with Gasteiger partial charge in [0.25, 0.3) is 0 Å². The number of hydrogen-bond donors (Lipinski definition) is 1. The molecule has 1 fully saturated rings. The van der Waals surface area contributed by atoms with Crippen LogP contribution in [0.15, 0.2) is 48.5 Å². The zero-order chi connectivity index (χ0) is 17.6. The van der Waals surface area contributed by atoms with Gasteiger partial charge in [-0.1, -0.05) is 41.4 Å². The Kier molecular flexibility index (Phi) is 6.19. The smallest absolute Gasteiger partial charge is 0.321 e. The average Bonchev–Trinajstić information content (AvgIpc) is 2.60. The van der Waals surface area contributed by atoms with Crippen LogP contribution in [-0.4, -0.2) is 48.6 Å². The van der Waals surface area contributed by atoms with Gasteiger partial charge in [0.05, 0.1) is 0 Å². The highest BCUT2D eigenvalue weighted by molar-refractivity contribution is 6.31. The van der Waals surface area contributed by atoms with Crippen LogP contribution < -0.4 is 5.32 Å². The molecule has 1 heterocycles. The lowest BCUT2D eigenvalue weighted by atomic mass is 10.1. The number of benzene rings is 2. The molecule has 0 spiro atoms. The Balaban J connectivity index is 1.44. The summed E-state index contributed by atoms with van der Waals surface area (Å²) < 4.78 is 0. The first kappa shape index (κ1) is 18.1. The molecule has 2 amide bonds. The zero-order valence-electron chi connectivity index (χ0n) is 13.9. The topological polar surface area (TPSA) is 35.6 Å². The molecule has 0 atom stereocenters. The number of hydrogen-bond acceptors (Lipinski definition) is 2. The summed E-state index contributed by atoms with van der Waals surface area (Å²) in [4.78, 5) is 16.6. The van der Waals surface area contributed by atoms with E-state index in [0.29, 0.717) is 5.02 Å². The van der Waals surface area contributed by atoms with Crippen molar-refractivity contribution in [2.75, 3.05) is 38.0 Å². The van der Waals surface area contributed by atoms with Crippen molar-refractivity contribution in [1.82, 2.24) is 9.80 Å². The summed E-state index contributed by atoms with van der Waals surface area (Å²) in [5, 5.41) is 4.29. The second-order valence-corrected chi connectivity index (χ2v) is 7.02. The van der Waals surface area contributed by atoms with Crippen LogP contribution in [0.4, 0.5) is 10.5 Å². The van der Waals surface area contributed by atoms with Crippen LogP contribution >= 0.6 is 23.2 Å². The molecule has 1 aliphatic heterocycles. The van der Waals surface area contributed by atoms with Gasteiger partial charge in [-0.15, -0.1) is 0 Å². The van der Waals surface area contributed by atoms with E-state index in [1.807, 2.05) is 35.2 Å². The van der Waals surface area contributed by atoms with Gasteiger partial charge in [-0.3, -0.25) is 4.90 Å². The normalized spacial score (nSPS) is 15.2. The number of piperazine rings is 1. The molecule has 0 saturated carbocycles. The largest absolute Gasteiger partial charge is 0.322 e. The Hall–Kier alpha value is -1.75. The van der Waals surface area contributed by atoms with Crippen LogP contribution in [0.5, 0.6) is 0 Å². The fraction of sp³-hybridized carbons (Fsp3) is 0.316. The molecule has 3 rings (SSSR count). The van der Waals surface area contributed by atoms with Gasteiger partial charge in [0, 0.05) is 48.5 Å². The highest BCUT2D eigenvalue weighted by Crippen LogP contribution is 2.16. The van der Waals surface area contributed by atoms with Crippen molar-refractivity contribution in [2.45, 2.75) is 6.42 Å². The fourth-order valence-corrected chi connectivity index (χ4v) is 3.33. The summed E-state index contributed by atoms with van der Waals surface area (Å²) >= 11 is 12.0. The molecule has 2 aromatic rings. The van der Waals surface area contributed by atoms with E-state index in [-0.39, 0.29) is 6.03 Å². The summed E-state index contributed by atoms with van der Waals surface area (Å²) in [6.07, 6.45) is 0.968. The third kappa shape index (κ3) is 5.36. The molecule has 0 radical (unpaired) electrons. The number of nitrogens with one attached hydrogen (secondary N) is 1. The van der Waals surface area contributed by atoms with Gasteiger partial charge in [-0.2, -0.15) is 0 Å². The highest BCUT2D eigenvalue weighted by Gasteiger charge is 2.20. The number of nitrogens with zero attached hydrogens (tertiary/aromatic N) is 2. The molecule has 1 saturated heterocycles. The molecule has 25 heavy (non-hydrogen) atoms.